The lowest BCUT2D eigenvalue weighted by Crippen LogP contribution is -2.24. The number of fused-ring (bicyclic) bond motifs is 3. The first-order valence-corrected chi connectivity index (χ1v) is 12.5. The first kappa shape index (κ1) is 21.6. The maximum atomic E-state index is 13.9. The van der Waals surface area contributed by atoms with Gasteiger partial charge in [0.1, 0.15) is 22.2 Å². The molecule has 0 atom stereocenters. The molecule has 172 valence electrons. The predicted octanol–water partition coefficient (Wildman–Crippen LogP) is 6.32. The van der Waals surface area contributed by atoms with E-state index in [2.05, 4.69) is 20.9 Å². The Labute approximate surface area is 210 Å². The number of halogens is 2. The molecule has 0 amide bonds. The lowest BCUT2D eigenvalue weighted by atomic mass is 10.0. The number of benzene rings is 2. The zero-order chi connectivity index (χ0) is 23.6. The van der Waals surface area contributed by atoms with Crippen molar-refractivity contribution in [1.82, 2.24) is 14.5 Å². The molecule has 0 spiro atoms. The molecule has 1 fully saturated rings. The fraction of sp³-hybridized carbons (Fsp3) is 0.208. The highest BCUT2D eigenvalue weighted by molar-refractivity contribution is 9.10. The number of phenols is 1. The minimum Gasteiger partial charge on any atom is -0.505 e. The van der Waals surface area contributed by atoms with Gasteiger partial charge < -0.3 is 14.3 Å². The molecular weight excluding hydrogens is 542 g/mol. The van der Waals surface area contributed by atoms with Gasteiger partial charge >= 0.3 is 0 Å². The summed E-state index contributed by atoms with van der Waals surface area (Å²) < 4.78 is 13.9. The predicted molar refractivity (Wildman–Crippen MR) is 135 cm³/mol. The zero-order valence-corrected chi connectivity index (χ0v) is 21.0. The number of phenolic OH excluding ortho intramolecular Hbond substituents is 1. The number of ether oxygens (including phenoxy) is 1. The molecule has 7 nitrogen and oxygen atoms in total. The molecule has 34 heavy (non-hydrogen) atoms. The van der Waals surface area contributed by atoms with E-state index in [0.29, 0.717) is 37.8 Å². The molecule has 0 unspecified atom stereocenters. The van der Waals surface area contributed by atoms with Crippen LogP contribution >= 0.6 is 38.9 Å². The highest BCUT2D eigenvalue weighted by Gasteiger charge is 2.30. The van der Waals surface area contributed by atoms with Gasteiger partial charge in [0.15, 0.2) is 12.1 Å². The second kappa shape index (κ2) is 8.11. The fourth-order valence-electron chi connectivity index (χ4n) is 4.26. The monoisotopic (exact) mass is 557 g/mol. The third-order valence-corrected chi connectivity index (χ3v) is 8.10. The number of nitrogens with zero attached hydrogens (tertiary/aromatic N) is 3. The van der Waals surface area contributed by atoms with Crippen molar-refractivity contribution in [3.63, 3.8) is 0 Å². The summed E-state index contributed by atoms with van der Waals surface area (Å²) in [5.74, 6) is 2.13. The van der Waals surface area contributed by atoms with Crippen LogP contribution in [-0.2, 0) is 6.54 Å². The summed E-state index contributed by atoms with van der Waals surface area (Å²) in [5, 5.41) is 11.8. The van der Waals surface area contributed by atoms with Crippen molar-refractivity contribution in [1.29, 1.82) is 0 Å². The molecule has 6 rings (SSSR count). The van der Waals surface area contributed by atoms with Crippen LogP contribution in [0.15, 0.2) is 50.5 Å². The molecule has 0 bridgehead atoms. The number of aromatic nitrogens is 3. The van der Waals surface area contributed by atoms with E-state index in [-0.39, 0.29) is 22.9 Å². The fourth-order valence-corrected chi connectivity index (χ4v) is 6.09. The lowest BCUT2D eigenvalue weighted by molar-refractivity contribution is 0.411. The van der Waals surface area contributed by atoms with E-state index < -0.39 is 0 Å². The third-order valence-electron chi connectivity index (χ3n) is 6.07. The van der Waals surface area contributed by atoms with Crippen molar-refractivity contribution in [3.8, 4) is 22.9 Å². The number of hydrogen-bond donors (Lipinski definition) is 1. The van der Waals surface area contributed by atoms with Gasteiger partial charge in [-0.15, -0.1) is 11.3 Å². The van der Waals surface area contributed by atoms with Crippen LogP contribution in [0.2, 0.25) is 5.02 Å². The van der Waals surface area contributed by atoms with Gasteiger partial charge in [0.2, 0.25) is 0 Å². The quantitative estimate of drug-likeness (QED) is 0.271. The van der Waals surface area contributed by atoms with Crippen LogP contribution in [-0.4, -0.2) is 26.8 Å². The summed E-state index contributed by atoms with van der Waals surface area (Å²) in [6.07, 6.45) is 5.07. The van der Waals surface area contributed by atoms with Gasteiger partial charge in [0.05, 0.1) is 39.4 Å². The van der Waals surface area contributed by atoms with Crippen molar-refractivity contribution in [3.05, 3.63) is 68.0 Å². The number of rotatable bonds is 5. The highest BCUT2D eigenvalue weighted by atomic mass is 79.9. The molecule has 1 aliphatic rings. The minimum absolute atomic E-state index is 0.0456. The number of hydrogen-bond acceptors (Lipinski definition) is 7. The Morgan fingerprint density at radius 2 is 2.18 bits per heavy atom. The van der Waals surface area contributed by atoms with E-state index in [1.807, 2.05) is 12.1 Å². The molecule has 0 aliphatic heterocycles. The van der Waals surface area contributed by atoms with E-state index in [1.165, 1.54) is 17.7 Å². The molecule has 0 saturated heterocycles. The summed E-state index contributed by atoms with van der Waals surface area (Å²) in [5.41, 5.74) is 1.72. The maximum absolute atomic E-state index is 13.9. The van der Waals surface area contributed by atoms with Crippen molar-refractivity contribution in [2.24, 2.45) is 0 Å². The maximum Gasteiger partial charge on any atom is 0.263 e. The topological polar surface area (TPSA) is 90.4 Å². The Bertz CT molecular complexity index is 1640. The number of aromatic hydroxyl groups is 1. The molecule has 10 heteroatoms. The highest BCUT2D eigenvalue weighted by Crippen LogP contribution is 2.48. The Morgan fingerprint density at radius 3 is 2.88 bits per heavy atom. The van der Waals surface area contributed by atoms with E-state index in [9.17, 15) is 9.90 Å². The van der Waals surface area contributed by atoms with Crippen LogP contribution < -0.4 is 10.3 Å². The molecule has 5 aromatic rings. The second-order valence-corrected chi connectivity index (χ2v) is 10.5. The summed E-state index contributed by atoms with van der Waals surface area (Å²) in [7, 11) is 1.63. The number of thiophene rings is 1. The van der Waals surface area contributed by atoms with Gasteiger partial charge in [0, 0.05) is 10.9 Å². The second-order valence-electron chi connectivity index (χ2n) is 8.20. The first-order chi connectivity index (χ1) is 16.5. The van der Waals surface area contributed by atoms with Gasteiger partial charge in [-0.05, 0) is 58.5 Å². The van der Waals surface area contributed by atoms with Crippen LogP contribution in [0.5, 0.6) is 11.5 Å². The molecule has 1 saturated carbocycles. The van der Waals surface area contributed by atoms with E-state index >= 15 is 0 Å². The lowest BCUT2D eigenvalue weighted by Gasteiger charge is -2.16. The summed E-state index contributed by atoms with van der Waals surface area (Å²) >= 11 is 11.0. The van der Waals surface area contributed by atoms with Gasteiger partial charge in [-0.3, -0.25) is 9.36 Å². The summed E-state index contributed by atoms with van der Waals surface area (Å²) in [4.78, 5) is 23.4. The van der Waals surface area contributed by atoms with E-state index in [0.717, 1.165) is 34.2 Å². The largest absolute Gasteiger partial charge is 0.505 e. The van der Waals surface area contributed by atoms with E-state index in [4.69, 9.17) is 25.7 Å². The summed E-state index contributed by atoms with van der Waals surface area (Å²) in [6, 6.07) is 7.31. The average Bonchev–Trinajstić information content (AvgIpc) is 3.40. The minimum atomic E-state index is -0.224. The average molecular weight is 559 g/mol. The van der Waals surface area contributed by atoms with Crippen molar-refractivity contribution in [2.75, 3.05) is 7.11 Å². The molecule has 2 aromatic carbocycles. The van der Waals surface area contributed by atoms with Crippen molar-refractivity contribution >= 4 is 59.2 Å². The Morgan fingerprint density at radius 1 is 1.35 bits per heavy atom. The van der Waals surface area contributed by atoms with E-state index in [1.54, 1.807) is 30.0 Å². The normalized spacial score (nSPS) is 13.7. The van der Waals surface area contributed by atoms with Gasteiger partial charge in [-0.1, -0.05) is 17.7 Å². The van der Waals surface area contributed by atoms with Crippen molar-refractivity contribution < 1.29 is 14.3 Å². The van der Waals surface area contributed by atoms with Crippen LogP contribution in [0.3, 0.4) is 0 Å². The van der Waals surface area contributed by atoms with Gasteiger partial charge in [-0.2, -0.15) is 0 Å². The van der Waals surface area contributed by atoms with Crippen LogP contribution in [0.4, 0.5) is 0 Å². The van der Waals surface area contributed by atoms with Crippen LogP contribution in [0.25, 0.3) is 31.7 Å². The molecule has 3 aromatic heterocycles. The van der Waals surface area contributed by atoms with Crippen LogP contribution in [0, 0.1) is 0 Å². The summed E-state index contributed by atoms with van der Waals surface area (Å²) in [6.45, 7) is 0.168. The molecule has 1 N–H and O–H groups in total. The first-order valence-electron chi connectivity index (χ1n) is 10.6. The molecular formula is C24H17BrClN3O4S. The Balaban J connectivity index is 1.70. The standard InChI is InChI=1S/C24H17BrClN3O4S/c1-32-18-7-14(11-2-3-11)15(6-16(18)25)22-28-23-19(13-4-5-17(26)20(30)21(13)34-23)24(31)29(22)9-12-8-27-10-33-12/h4-8,10-11,30H,2-3,9H2,1H3. The van der Waals surface area contributed by atoms with Gasteiger partial charge in [-0.25, -0.2) is 9.97 Å². The molecule has 0 radical (unpaired) electrons. The smallest absolute Gasteiger partial charge is 0.263 e. The number of oxazole rings is 1. The molecule has 3 heterocycles. The Kier molecular flexibility index (Phi) is 5.16. The van der Waals surface area contributed by atoms with Crippen LogP contribution in [0.1, 0.15) is 30.1 Å². The van der Waals surface area contributed by atoms with Crippen molar-refractivity contribution in [2.45, 2.75) is 25.3 Å². The molecule has 1 aliphatic carbocycles. The third kappa shape index (κ3) is 3.41. The zero-order valence-electron chi connectivity index (χ0n) is 17.8. The number of methoxy groups -OCH3 is 1. The van der Waals surface area contributed by atoms with Gasteiger partial charge in [0.25, 0.3) is 5.56 Å². The SMILES string of the molecule is COc1cc(C2CC2)c(-c2nc3sc4c(O)c(Cl)ccc4c3c(=O)n2Cc2cnco2)cc1Br. The Hall–Kier alpha value is -2.88.